The molecule has 0 atom stereocenters. The Hall–Kier alpha value is -2.22. The summed E-state index contributed by atoms with van der Waals surface area (Å²) in [4.78, 5) is 9.89. The largest absolute Gasteiger partial charge is 0.502 e. The van der Waals surface area contributed by atoms with Crippen molar-refractivity contribution >= 4 is 29.2 Å². The van der Waals surface area contributed by atoms with Gasteiger partial charge in [0.2, 0.25) is 0 Å². The van der Waals surface area contributed by atoms with E-state index < -0.39 is 4.92 Å². The minimum atomic E-state index is -0.668. The number of thiocarbonyl (C=S) groups is 1. The predicted octanol–water partition coefficient (Wildman–Crippen LogP) is 0.728. The van der Waals surface area contributed by atoms with Gasteiger partial charge in [-0.15, -0.1) is 0 Å². The molecule has 0 spiro atoms. The van der Waals surface area contributed by atoms with E-state index in [1.807, 2.05) is 0 Å². The van der Waals surface area contributed by atoms with Gasteiger partial charge in [0.05, 0.1) is 11.1 Å². The van der Waals surface area contributed by atoms with Gasteiger partial charge in [0.25, 0.3) is 0 Å². The summed E-state index contributed by atoms with van der Waals surface area (Å²) < 4.78 is 0. The minimum absolute atomic E-state index is 0.328. The van der Waals surface area contributed by atoms with Crippen LogP contribution >= 0.6 is 12.2 Å². The summed E-state index contributed by atoms with van der Waals surface area (Å²) in [5.74, 6) is -0.383. The molecule has 0 saturated heterocycles. The molecule has 0 aliphatic rings. The maximum absolute atomic E-state index is 10.6. The molecular weight excluding hydrogens is 244 g/mol. The number of benzene rings is 1. The van der Waals surface area contributed by atoms with Gasteiger partial charge in [0.1, 0.15) is 0 Å². The van der Waals surface area contributed by atoms with Crippen molar-refractivity contribution in [1.82, 2.24) is 10.7 Å². The van der Waals surface area contributed by atoms with Gasteiger partial charge in [-0.3, -0.25) is 15.5 Å². The Morgan fingerprint density at radius 3 is 2.94 bits per heavy atom. The average Bonchev–Trinajstić information content (AvgIpc) is 2.30. The number of hydrazone groups is 1. The third-order valence-electron chi connectivity index (χ3n) is 1.80. The van der Waals surface area contributed by atoms with Crippen LogP contribution in [-0.4, -0.2) is 28.4 Å². The van der Waals surface area contributed by atoms with Gasteiger partial charge in [0.15, 0.2) is 10.9 Å². The molecule has 1 rings (SSSR count). The Labute approximate surface area is 102 Å². The molecule has 0 fully saturated rings. The maximum atomic E-state index is 10.6. The molecular formula is C9H10N4O3S. The monoisotopic (exact) mass is 254 g/mol. The highest BCUT2D eigenvalue weighted by Gasteiger charge is 2.12. The van der Waals surface area contributed by atoms with Gasteiger partial charge in [-0.25, -0.2) is 0 Å². The second-order valence-electron chi connectivity index (χ2n) is 2.95. The number of nitro benzene ring substituents is 1. The first-order valence-electron chi connectivity index (χ1n) is 4.53. The molecule has 1 aromatic carbocycles. The molecule has 90 valence electrons. The van der Waals surface area contributed by atoms with E-state index in [9.17, 15) is 15.2 Å². The SMILES string of the molecule is CNC(=S)N/N=C/c1ccc(O)c([N+](=O)[O-])c1. The number of aromatic hydroxyl groups is 1. The van der Waals surface area contributed by atoms with E-state index in [0.29, 0.717) is 10.7 Å². The molecule has 17 heavy (non-hydrogen) atoms. The molecule has 7 nitrogen and oxygen atoms in total. The summed E-state index contributed by atoms with van der Waals surface area (Å²) in [7, 11) is 1.64. The first kappa shape index (κ1) is 12.8. The summed E-state index contributed by atoms with van der Waals surface area (Å²) in [6, 6.07) is 3.94. The van der Waals surface area contributed by atoms with Crippen LogP contribution in [0.5, 0.6) is 5.75 Å². The third-order valence-corrected chi connectivity index (χ3v) is 2.10. The van der Waals surface area contributed by atoms with Crippen LogP contribution in [0.2, 0.25) is 0 Å². The van der Waals surface area contributed by atoms with Crippen molar-refractivity contribution < 1.29 is 10.0 Å². The molecule has 0 saturated carbocycles. The number of nitro groups is 1. The molecule has 0 amide bonds. The summed E-state index contributed by atoms with van der Waals surface area (Å²) in [6.45, 7) is 0. The zero-order valence-corrected chi connectivity index (χ0v) is 9.69. The van der Waals surface area contributed by atoms with Crippen LogP contribution in [0.15, 0.2) is 23.3 Å². The number of rotatable bonds is 3. The van der Waals surface area contributed by atoms with Crippen molar-refractivity contribution in [1.29, 1.82) is 0 Å². The number of hydrogen-bond donors (Lipinski definition) is 3. The van der Waals surface area contributed by atoms with Crippen LogP contribution in [0, 0.1) is 10.1 Å². The Morgan fingerprint density at radius 2 is 2.35 bits per heavy atom. The van der Waals surface area contributed by atoms with Crippen LogP contribution in [0.4, 0.5) is 5.69 Å². The number of hydrogen-bond acceptors (Lipinski definition) is 5. The van der Waals surface area contributed by atoms with Crippen molar-refractivity contribution in [2.45, 2.75) is 0 Å². The topological polar surface area (TPSA) is 99.8 Å². The molecule has 0 aliphatic heterocycles. The second kappa shape index (κ2) is 5.75. The molecule has 3 N–H and O–H groups in total. The van der Waals surface area contributed by atoms with Gasteiger partial charge in [-0.2, -0.15) is 5.10 Å². The van der Waals surface area contributed by atoms with Crippen molar-refractivity contribution in [2.24, 2.45) is 5.10 Å². The van der Waals surface area contributed by atoms with Crippen molar-refractivity contribution in [3.05, 3.63) is 33.9 Å². The minimum Gasteiger partial charge on any atom is -0.502 e. The highest BCUT2D eigenvalue weighted by atomic mass is 32.1. The van der Waals surface area contributed by atoms with Crippen molar-refractivity contribution in [3.63, 3.8) is 0 Å². The third kappa shape index (κ3) is 3.68. The highest BCUT2D eigenvalue weighted by molar-refractivity contribution is 7.80. The second-order valence-corrected chi connectivity index (χ2v) is 3.36. The average molecular weight is 254 g/mol. The van der Waals surface area contributed by atoms with E-state index in [4.69, 9.17) is 12.2 Å². The Kier molecular flexibility index (Phi) is 4.35. The summed E-state index contributed by atoms with van der Waals surface area (Å²) >= 11 is 4.77. The Balaban J connectivity index is 2.82. The van der Waals surface area contributed by atoms with Gasteiger partial charge < -0.3 is 10.4 Å². The zero-order valence-electron chi connectivity index (χ0n) is 8.88. The van der Waals surface area contributed by atoms with E-state index in [0.717, 1.165) is 0 Å². The molecule has 0 unspecified atom stereocenters. The smallest absolute Gasteiger partial charge is 0.311 e. The fourth-order valence-electron chi connectivity index (χ4n) is 0.988. The van der Waals surface area contributed by atoms with E-state index in [-0.39, 0.29) is 11.4 Å². The predicted molar refractivity (Wildman–Crippen MR) is 67.1 cm³/mol. The number of phenols is 1. The van der Waals surface area contributed by atoms with Crippen LogP contribution in [0.3, 0.4) is 0 Å². The van der Waals surface area contributed by atoms with Crippen LogP contribution in [-0.2, 0) is 0 Å². The van der Waals surface area contributed by atoms with Gasteiger partial charge in [-0.1, -0.05) is 0 Å². The van der Waals surface area contributed by atoms with Crippen molar-refractivity contribution in [2.75, 3.05) is 7.05 Å². The lowest BCUT2D eigenvalue weighted by Gasteiger charge is -2.00. The lowest BCUT2D eigenvalue weighted by Crippen LogP contribution is -2.28. The van der Waals surface area contributed by atoms with E-state index in [1.54, 1.807) is 7.05 Å². The number of nitrogens with one attached hydrogen (secondary N) is 2. The van der Waals surface area contributed by atoms with E-state index >= 15 is 0 Å². The molecule has 0 aliphatic carbocycles. The number of phenolic OH excluding ortho intramolecular Hbond substituents is 1. The van der Waals surface area contributed by atoms with Crippen molar-refractivity contribution in [3.8, 4) is 5.75 Å². The van der Waals surface area contributed by atoms with Gasteiger partial charge in [0, 0.05) is 18.7 Å². The summed E-state index contributed by atoms with van der Waals surface area (Å²) in [5, 5.41) is 26.5. The molecule has 0 bridgehead atoms. The van der Waals surface area contributed by atoms with Gasteiger partial charge in [-0.05, 0) is 24.4 Å². The first-order chi connectivity index (χ1) is 8.04. The van der Waals surface area contributed by atoms with E-state index in [2.05, 4.69) is 15.8 Å². The molecule has 0 aromatic heterocycles. The Morgan fingerprint density at radius 1 is 1.65 bits per heavy atom. The summed E-state index contributed by atoms with van der Waals surface area (Å²) in [5.41, 5.74) is 2.60. The van der Waals surface area contributed by atoms with Gasteiger partial charge >= 0.3 is 5.69 Å². The van der Waals surface area contributed by atoms with Crippen LogP contribution in [0.1, 0.15) is 5.56 Å². The Bertz CT molecular complexity index is 475. The first-order valence-corrected chi connectivity index (χ1v) is 4.93. The van der Waals surface area contributed by atoms with Crippen LogP contribution in [0.25, 0.3) is 0 Å². The maximum Gasteiger partial charge on any atom is 0.311 e. The lowest BCUT2D eigenvalue weighted by atomic mass is 10.2. The fourth-order valence-corrected chi connectivity index (χ4v) is 1.04. The summed E-state index contributed by atoms with van der Waals surface area (Å²) in [6.07, 6.45) is 1.36. The normalized spacial score (nSPS) is 10.2. The quantitative estimate of drug-likeness (QED) is 0.318. The standard InChI is InChI=1S/C9H10N4O3S/c1-10-9(17)12-11-5-6-2-3-8(14)7(4-6)13(15)16/h2-5,14H,1H3,(H2,10,12,17)/b11-5+. The lowest BCUT2D eigenvalue weighted by molar-refractivity contribution is -0.385. The number of nitrogens with zero attached hydrogens (tertiary/aromatic N) is 2. The molecule has 8 heteroatoms. The molecule has 1 aromatic rings. The highest BCUT2D eigenvalue weighted by Crippen LogP contribution is 2.25. The van der Waals surface area contributed by atoms with Crippen LogP contribution < -0.4 is 10.7 Å². The van der Waals surface area contributed by atoms with E-state index in [1.165, 1.54) is 24.4 Å². The molecule has 0 radical (unpaired) electrons. The molecule has 0 heterocycles. The fraction of sp³-hybridized carbons (Fsp3) is 0.111. The zero-order chi connectivity index (χ0) is 12.8.